The first-order valence-electron chi connectivity index (χ1n) is 6.41. The third-order valence-corrected chi connectivity index (χ3v) is 3.36. The lowest BCUT2D eigenvalue weighted by Crippen LogP contribution is -2.24. The van der Waals surface area contributed by atoms with E-state index < -0.39 is 5.60 Å². The SMILES string of the molecule is Cc1c(C(=O)OC(C)(C)C)ccc2c1CC[C@H]2N. The van der Waals surface area contributed by atoms with E-state index in [2.05, 4.69) is 0 Å². The molecule has 1 aromatic rings. The van der Waals surface area contributed by atoms with Crippen LogP contribution < -0.4 is 5.73 Å². The molecule has 0 radical (unpaired) electrons. The van der Waals surface area contributed by atoms with Crippen LogP contribution in [-0.2, 0) is 11.2 Å². The van der Waals surface area contributed by atoms with E-state index in [4.69, 9.17) is 10.5 Å². The quantitative estimate of drug-likeness (QED) is 0.776. The molecule has 3 heteroatoms. The number of fused-ring (bicyclic) bond motifs is 1. The van der Waals surface area contributed by atoms with Crippen molar-refractivity contribution >= 4 is 5.97 Å². The van der Waals surface area contributed by atoms with Crippen LogP contribution in [0, 0.1) is 6.92 Å². The van der Waals surface area contributed by atoms with Crippen LogP contribution in [0.3, 0.4) is 0 Å². The Bertz CT molecular complexity index is 486. The Morgan fingerprint density at radius 1 is 1.39 bits per heavy atom. The lowest BCUT2D eigenvalue weighted by molar-refractivity contribution is 0.00686. The molecule has 0 saturated carbocycles. The highest BCUT2D eigenvalue weighted by Gasteiger charge is 2.25. The summed E-state index contributed by atoms with van der Waals surface area (Å²) in [5.41, 5.74) is 9.66. The highest BCUT2D eigenvalue weighted by molar-refractivity contribution is 5.92. The maximum Gasteiger partial charge on any atom is 0.338 e. The second-order valence-electron chi connectivity index (χ2n) is 5.95. The zero-order valence-electron chi connectivity index (χ0n) is 11.5. The highest BCUT2D eigenvalue weighted by atomic mass is 16.6. The molecule has 0 aromatic heterocycles. The van der Waals surface area contributed by atoms with Crippen molar-refractivity contribution in [2.24, 2.45) is 5.73 Å². The second-order valence-corrected chi connectivity index (χ2v) is 5.95. The molecule has 0 spiro atoms. The van der Waals surface area contributed by atoms with Crippen molar-refractivity contribution in [1.82, 2.24) is 0 Å². The predicted molar refractivity (Wildman–Crippen MR) is 71.6 cm³/mol. The lowest BCUT2D eigenvalue weighted by Gasteiger charge is -2.21. The molecule has 1 atom stereocenters. The summed E-state index contributed by atoms with van der Waals surface area (Å²) in [6.07, 6.45) is 1.92. The zero-order valence-corrected chi connectivity index (χ0v) is 11.5. The molecule has 18 heavy (non-hydrogen) atoms. The van der Waals surface area contributed by atoms with Gasteiger partial charge in [0, 0.05) is 6.04 Å². The molecule has 2 N–H and O–H groups in total. The van der Waals surface area contributed by atoms with Crippen LogP contribution in [0.25, 0.3) is 0 Å². The molecule has 1 aromatic carbocycles. The molecule has 0 bridgehead atoms. The van der Waals surface area contributed by atoms with E-state index in [1.54, 1.807) is 0 Å². The average molecular weight is 247 g/mol. The fourth-order valence-corrected chi connectivity index (χ4v) is 2.47. The monoisotopic (exact) mass is 247 g/mol. The smallest absolute Gasteiger partial charge is 0.338 e. The van der Waals surface area contributed by atoms with Gasteiger partial charge >= 0.3 is 5.97 Å². The Labute approximate surface area is 108 Å². The van der Waals surface area contributed by atoms with Gasteiger partial charge in [-0.1, -0.05) is 6.07 Å². The summed E-state index contributed by atoms with van der Waals surface area (Å²) in [6, 6.07) is 3.93. The maximum absolute atomic E-state index is 12.1. The minimum Gasteiger partial charge on any atom is -0.456 e. The van der Waals surface area contributed by atoms with Gasteiger partial charge in [-0.3, -0.25) is 0 Å². The van der Waals surface area contributed by atoms with Crippen molar-refractivity contribution in [2.45, 2.75) is 52.2 Å². The molecular weight excluding hydrogens is 226 g/mol. The van der Waals surface area contributed by atoms with E-state index in [0.717, 1.165) is 18.4 Å². The third kappa shape index (κ3) is 2.41. The summed E-state index contributed by atoms with van der Waals surface area (Å²) in [5.74, 6) is -0.247. The number of rotatable bonds is 1. The summed E-state index contributed by atoms with van der Waals surface area (Å²) in [6.45, 7) is 7.62. The number of hydrogen-bond donors (Lipinski definition) is 1. The largest absolute Gasteiger partial charge is 0.456 e. The molecule has 0 fully saturated rings. The van der Waals surface area contributed by atoms with Gasteiger partial charge in [-0.05, 0) is 63.3 Å². The molecular formula is C15H21NO2. The number of benzene rings is 1. The minimum atomic E-state index is -0.459. The molecule has 1 aliphatic carbocycles. The van der Waals surface area contributed by atoms with Crippen molar-refractivity contribution in [1.29, 1.82) is 0 Å². The molecule has 98 valence electrons. The maximum atomic E-state index is 12.1. The fourth-order valence-electron chi connectivity index (χ4n) is 2.47. The Hall–Kier alpha value is -1.35. The van der Waals surface area contributed by atoms with Gasteiger partial charge in [0.25, 0.3) is 0 Å². The number of ether oxygens (including phenoxy) is 1. The highest BCUT2D eigenvalue weighted by Crippen LogP contribution is 2.33. The average Bonchev–Trinajstić information content (AvgIpc) is 2.59. The third-order valence-electron chi connectivity index (χ3n) is 3.36. The number of carbonyl (C=O) groups is 1. The first-order chi connectivity index (χ1) is 8.29. The summed E-state index contributed by atoms with van der Waals surface area (Å²) in [7, 11) is 0. The van der Waals surface area contributed by atoms with Crippen LogP contribution in [0.1, 0.15) is 60.3 Å². The Morgan fingerprint density at radius 2 is 2.06 bits per heavy atom. The Kier molecular flexibility index (Phi) is 3.20. The van der Waals surface area contributed by atoms with E-state index in [9.17, 15) is 4.79 Å². The summed E-state index contributed by atoms with van der Waals surface area (Å²) in [4.78, 5) is 12.1. The van der Waals surface area contributed by atoms with Gasteiger partial charge in [-0.2, -0.15) is 0 Å². The van der Waals surface area contributed by atoms with Crippen LogP contribution in [0.5, 0.6) is 0 Å². The molecule has 2 rings (SSSR count). The van der Waals surface area contributed by atoms with Crippen LogP contribution in [0.4, 0.5) is 0 Å². The minimum absolute atomic E-state index is 0.117. The number of carbonyl (C=O) groups excluding carboxylic acids is 1. The molecule has 0 saturated heterocycles. The topological polar surface area (TPSA) is 52.3 Å². The number of esters is 1. The van der Waals surface area contributed by atoms with Gasteiger partial charge in [-0.25, -0.2) is 4.79 Å². The summed E-state index contributed by atoms with van der Waals surface area (Å²) >= 11 is 0. The normalized spacial score (nSPS) is 18.6. The molecule has 0 aliphatic heterocycles. The van der Waals surface area contributed by atoms with Crippen LogP contribution in [0.15, 0.2) is 12.1 Å². The van der Waals surface area contributed by atoms with Crippen molar-refractivity contribution in [3.63, 3.8) is 0 Å². The number of nitrogens with two attached hydrogens (primary N) is 1. The first-order valence-corrected chi connectivity index (χ1v) is 6.41. The van der Waals surface area contributed by atoms with Crippen LogP contribution >= 0.6 is 0 Å². The lowest BCUT2D eigenvalue weighted by atomic mass is 9.98. The number of hydrogen-bond acceptors (Lipinski definition) is 3. The van der Waals surface area contributed by atoms with Gasteiger partial charge in [0.05, 0.1) is 5.56 Å². The van der Waals surface area contributed by atoms with E-state index in [1.165, 1.54) is 11.1 Å². The summed E-state index contributed by atoms with van der Waals surface area (Å²) < 4.78 is 5.42. The summed E-state index contributed by atoms with van der Waals surface area (Å²) in [5, 5.41) is 0. The molecule has 0 unspecified atom stereocenters. The van der Waals surface area contributed by atoms with E-state index in [-0.39, 0.29) is 12.0 Å². The van der Waals surface area contributed by atoms with Gasteiger partial charge in [0.15, 0.2) is 0 Å². The molecule has 0 amide bonds. The predicted octanol–water partition coefficient (Wildman–Crippen LogP) is 2.90. The Morgan fingerprint density at radius 3 is 2.67 bits per heavy atom. The molecule has 1 aliphatic rings. The van der Waals surface area contributed by atoms with E-state index in [0.29, 0.717) is 5.56 Å². The standard InChI is InChI=1S/C15H21NO2/c1-9-10-7-8-13(16)12(10)6-5-11(9)14(17)18-15(2,3)4/h5-6,13H,7-8,16H2,1-4H3/t13-/m1/s1. The van der Waals surface area contributed by atoms with E-state index >= 15 is 0 Å². The Balaban J connectivity index is 2.34. The second kappa shape index (κ2) is 4.39. The zero-order chi connectivity index (χ0) is 13.5. The van der Waals surface area contributed by atoms with Crippen molar-refractivity contribution < 1.29 is 9.53 Å². The molecule has 0 heterocycles. The van der Waals surface area contributed by atoms with Gasteiger partial charge in [0.1, 0.15) is 5.60 Å². The fraction of sp³-hybridized carbons (Fsp3) is 0.533. The van der Waals surface area contributed by atoms with E-state index in [1.807, 2.05) is 39.8 Å². The first kappa shape index (κ1) is 13.1. The van der Waals surface area contributed by atoms with Crippen molar-refractivity contribution in [3.05, 3.63) is 34.4 Å². The van der Waals surface area contributed by atoms with Gasteiger partial charge < -0.3 is 10.5 Å². The van der Waals surface area contributed by atoms with Crippen LogP contribution in [0.2, 0.25) is 0 Å². The molecule has 3 nitrogen and oxygen atoms in total. The van der Waals surface area contributed by atoms with Crippen molar-refractivity contribution in [3.8, 4) is 0 Å². The van der Waals surface area contributed by atoms with Gasteiger partial charge in [-0.15, -0.1) is 0 Å². The van der Waals surface area contributed by atoms with Gasteiger partial charge in [0.2, 0.25) is 0 Å². The van der Waals surface area contributed by atoms with Crippen LogP contribution in [-0.4, -0.2) is 11.6 Å². The van der Waals surface area contributed by atoms with Crippen molar-refractivity contribution in [2.75, 3.05) is 0 Å².